The first-order valence-corrected chi connectivity index (χ1v) is 6.56. The summed E-state index contributed by atoms with van der Waals surface area (Å²) in [7, 11) is 0. The second-order valence-electron chi connectivity index (χ2n) is 4.84. The minimum absolute atomic E-state index is 0.306. The zero-order valence-electron chi connectivity index (χ0n) is 11.4. The van der Waals surface area contributed by atoms with Crippen LogP contribution in [0.3, 0.4) is 0 Å². The average Bonchev–Trinajstić information content (AvgIpc) is 2.39. The Bertz CT molecular complexity index is 523. The van der Waals surface area contributed by atoms with Gasteiger partial charge in [0.05, 0.1) is 0 Å². The van der Waals surface area contributed by atoms with Gasteiger partial charge < -0.3 is 11.1 Å². The van der Waals surface area contributed by atoms with Crippen LogP contribution in [-0.4, -0.2) is 16.5 Å². The van der Waals surface area contributed by atoms with E-state index in [0.29, 0.717) is 11.7 Å². The van der Waals surface area contributed by atoms with Crippen molar-refractivity contribution in [1.29, 1.82) is 0 Å². The molecule has 2 aromatic rings. The zero-order valence-corrected chi connectivity index (χ0v) is 11.4. The van der Waals surface area contributed by atoms with Crippen LogP contribution in [0.2, 0.25) is 0 Å². The van der Waals surface area contributed by atoms with E-state index in [2.05, 4.69) is 53.4 Å². The third-order valence-corrected chi connectivity index (χ3v) is 3.04. The number of rotatable bonds is 5. The smallest absolute Gasteiger partial charge is 0.134 e. The summed E-state index contributed by atoms with van der Waals surface area (Å²) < 4.78 is 0. The molecule has 0 aliphatic carbocycles. The molecule has 0 bridgehead atoms. The largest absolute Gasteiger partial charge is 0.383 e. The van der Waals surface area contributed by atoms with Crippen molar-refractivity contribution >= 4 is 11.6 Å². The Morgan fingerprint density at radius 1 is 1.16 bits per heavy atom. The summed E-state index contributed by atoms with van der Waals surface area (Å²) >= 11 is 0. The molecule has 0 amide bonds. The van der Waals surface area contributed by atoms with Gasteiger partial charge in [-0.2, -0.15) is 0 Å². The molecule has 1 aromatic carbocycles. The van der Waals surface area contributed by atoms with Gasteiger partial charge in [-0.05, 0) is 17.9 Å². The fraction of sp³-hybridized carbons (Fsp3) is 0.333. The average molecular weight is 256 g/mol. The Morgan fingerprint density at radius 3 is 2.58 bits per heavy atom. The lowest BCUT2D eigenvalue weighted by Gasteiger charge is -2.14. The number of nitrogens with two attached hydrogens (primary N) is 1. The lowest BCUT2D eigenvalue weighted by molar-refractivity contribution is 0.847. The monoisotopic (exact) mass is 256 g/mol. The van der Waals surface area contributed by atoms with Gasteiger partial charge in [0.25, 0.3) is 0 Å². The number of hydrogen-bond acceptors (Lipinski definition) is 4. The van der Waals surface area contributed by atoms with Gasteiger partial charge in [-0.1, -0.05) is 44.2 Å². The van der Waals surface area contributed by atoms with Crippen LogP contribution in [0.4, 0.5) is 11.6 Å². The standard InChI is InChI=1S/C15H20N4/c1-11(2)13-14(16)18-10-19-15(13)17-9-8-12-6-4-3-5-7-12/h3-7,10-11H,8-9H2,1-2H3,(H3,16,17,18,19). The number of hydrogen-bond donors (Lipinski definition) is 2. The molecule has 1 aromatic heterocycles. The molecule has 0 fully saturated rings. The molecule has 0 atom stereocenters. The summed E-state index contributed by atoms with van der Waals surface area (Å²) in [5, 5.41) is 3.35. The summed E-state index contributed by atoms with van der Waals surface area (Å²) in [6.45, 7) is 5.02. The summed E-state index contributed by atoms with van der Waals surface area (Å²) in [4.78, 5) is 8.34. The summed E-state index contributed by atoms with van der Waals surface area (Å²) in [6, 6.07) is 10.4. The van der Waals surface area contributed by atoms with Crippen LogP contribution < -0.4 is 11.1 Å². The predicted molar refractivity (Wildman–Crippen MR) is 79.2 cm³/mol. The molecule has 0 aliphatic rings. The predicted octanol–water partition coefficient (Wildman–Crippen LogP) is 2.84. The zero-order chi connectivity index (χ0) is 13.7. The van der Waals surface area contributed by atoms with E-state index in [1.54, 1.807) is 0 Å². The van der Waals surface area contributed by atoms with E-state index in [-0.39, 0.29) is 0 Å². The van der Waals surface area contributed by atoms with Gasteiger partial charge in [0, 0.05) is 12.1 Å². The van der Waals surface area contributed by atoms with Crippen LogP contribution in [0.25, 0.3) is 0 Å². The van der Waals surface area contributed by atoms with Crippen molar-refractivity contribution in [1.82, 2.24) is 9.97 Å². The van der Waals surface area contributed by atoms with Crippen molar-refractivity contribution in [3.05, 3.63) is 47.8 Å². The summed E-state index contributed by atoms with van der Waals surface area (Å²) in [5.74, 6) is 1.71. The van der Waals surface area contributed by atoms with E-state index < -0.39 is 0 Å². The Balaban J connectivity index is 2.02. The third-order valence-electron chi connectivity index (χ3n) is 3.04. The highest BCUT2D eigenvalue weighted by atomic mass is 15.0. The summed E-state index contributed by atoms with van der Waals surface area (Å²) in [6.07, 6.45) is 2.47. The Hall–Kier alpha value is -2.10. The first-order valence-electron chi connectivity index (χ1n) is 6.56. The quantitative estimate of drug-likeness (QED) is 0.863. The molecular formula is C15H20N4. The molecule has 4 heteroatoms. The van der Waals surface area contributed by atoms with Crippen molar-refractivity contribution in [2.45, 2.75) is 26.2 Å². The topological polar surface area (TPSA) is 63.8 Å². The normalized spacial score (nSPS) is 10.7. The summed E-state index contributed by atoms with van der Waals surface area (Å²) in [5.41, 5.74) is 8.22. The van der Waals surface area contributed by atoms with Crippen molar-refractivity contribution in [3.63, 3.8) is 0 Å². The van der Waals surface area contributed by atoms with Crippen LogP contribution in [0, 0.1) is 0 Å². The number of nitrogens with one attached hydrogen (secondary N) is 1. The number of nitrogens with zero attached hydrogens (tertiary/aromatic N) is 2. The Morgan fingerprint density at radius 2 is 1.89 bits per heavy atom. The molecule has 1 heterocycles. The van der Waals surface area contributed by atoms with E-state index in [9.17, 15) is 0 Å². The molecule has 0 spiro atoms. The number of aromatic nitrogens is 2. The molecule has 0 aliphatic heterocycles. The van der Waals surface area contributed by atoms with Gasteiger partial charge in [-0.15, -0.1) is 0 Å². The van der Waals surface area contributed by atoms with Crippen molar-refractivity contribution in [3.8, 4) is 0 Å². The minimum Gasteiger partial charge on any atom is -0.383 e. The van der Waals surface area contributed by atoms with Gasteiger partial charge in [0.15, 0.2) is 0 Å². The minimum atomic E-state index is 0.306. The van der Waals surface area contributed by atoms with Crippen LogP contribution >= 0.6 is 0 Å². The molecule has 19 heavy (non-hydrogen) atoms. The second-order valence-corrected chi connectivity index (χ2v) is 4.84. The fourth-order valence-electron chi connectivity index (χ4n) is 2.09. The van der Waals surface area contributed by atoms with Gasteiger partial charge in [-0.25, -0.2) is 9.97 Å². The number of anilines is 2. The molecule has 3 N–H and O–H groups in total. The fourth-order valence-corrected chi connectivity index (χ4v) is 2.09. The Kier molecular flexibility index (Phi) is 4.34. The van der Waals surface area contributed by atoms with E-state index in [4.69, 9.17) is 5.73 Å². The second kappa shape index (κ2) is 6.18. The molecule has 0 saturated heterocycles. The maximum Gasteiger partial charge on any atom is 0.134 e. The van der Waals surface area contributed by atoms with E-state index in [1.165, 1.54) is 11.9 Å². The highest BCUT2D eigenvalue weighted by Gasteiger charge is 2.12. The maximum absolute atomic E-state index is 5.91. The van der Waals surface area contributed by atoms with E-state index in [1.807, 2.05) is 6.07 Å². The SMILES string of the molecule is CC(C)c1c(N)ncnc1NCCc1ccccc1. The highest BCUT2D eigenvalue weighted by molar-refractivity contribution is 5.56. The molecule has 4 nitrogen and oxygen atoms in total. The number of benzene rings is 1. The molecular weight excluding hydrogens is 236 g/mol. The Labute approximate surface area is 114 Å². The van der Waals surface area contributed by atoms with Gasteiger partial charge >= 0.3 is 0 Å². The van der Waals surface area contributed by atoms with E-state index in [0.717, 1.165) is 24.3 Å². The lowest BCUT2D eigenvalue weighted by atomic mass is 10.0. The highest BCUT2D eigenvalue weighted by Crippen LogP contribution is 2.25. The van der Waals surface area contributed by atoms with Crippen LogP contribution in [0.15, 0.2) is 36.7 Å². The van der Waals surface area contributed by atoms with Gasteiger partial charge in [-0.3, -0.25) is 0 Å². The first-order chi connectivity index (χ1) is 9.18. The van der Waals surface area contributed by atoms with E-state index >= 15 is 0 Å². The number of nitrogen functional groups attached to an aromatic ring is 1. The van der Waals surface area contributed by atoms with Crippen molar-refractivity contribution in [2.24, 2.45) is 0 Å². The van der Waals surface area contributed by atoms with Gasteiger partial charge in [0.1, 0.15) is 18.0 Å². The molecule has 2 rings (SSSR count). The molecule has 0 unspecified atom stereocenters. The molecule has 0 radical (unpaired) electrons. The molecule has 100 valence electrons. The van der Waals surface area contributed by atoms with Crippen LogP contribution in [0.5, 0.6) is 0 Å². The maximum atomic E-state index is 5.91. The van der Waals surface area contributed by atoms with Gasteiger partial charge in [0.2, 0.25) is 0 Å². The lowest BCUT2D eigenvalue weighted by Crippen LogP contribution is -2.11. The van der Waals surface area contributed by atoms with Crippen molar-refractivity contribution in [2.75, 3.05) is 17.6 Å². The third kappa shape index (κ3) is 3.44. The van der Waals surface area contributed by atoms with Crippen LogP contribution in [0.1, 0.15) is 30.9 Å². The molecule has 0 saturated carbocycles. The van der Waals surface area contributed by atoms with Crippen LogP contribution in [-0.2, 0) is 6.42 Å². The van der Waals surface area contributed by atoms with Crippen molar-refractivity contribution < 1.29 is 0 Å². The first kappa shape index (κ1) is 13.3.